The lowest BCUT2D eigenvalue weighted by atomic mass is 9.82. The Morgan fingerprint density at radius 2 is 1.94 bits per heavy atom. The van der Waals surface area contributed by atoms with Crippen molar-refractivity contribution in [3.05, 3.63) is 0 Å². The molecule has 1 rings (SSSR count). The molecule has 1 saturated carbocycles. The van der Waals surface area contributed by atoms with Crippen LogP contribution in [-0.4, -0.2) is 12.6 Å². The zero-order chi connectivity index (χ0) is 12.0. The van der Waals surface area contributed by atoms with Gasteiger partial charge in [0.25, 0.3) is 0 Å². The first-order valence-electron chi connectivity index (χ1n) is 6.80. The molecule has 0 spiro atoms. The maximum Gasteiger partial charge on any atom is 0.308 e. The van der Waals surface area contributed by atoms with E-state index in [2.05, 4.69) is 6.92 Å². The minimum Gasteiger partial charge on any atom is -0.465 e. The predicted octanol–water partition coefficient (Wildman–Crippen LogP) is 3.79. The Morgan fingerprint density at radius 3 is 2.50 bits per heavy atom. The van der Waals surface area contributed by atoms with Crippen LogP contribution in [0.25, 0.3) is 0 Å². The van der Waals surface area contributed by atoms with Crippen LogP contribution in [-0.2, 0) is 9.53 Å². The summed E-state index contributed by atoms with van der Waals surface area (Å²) in [5, 5.41) is 0. The van der Waals surface area contributed by atoms with Gasteiger partial charge < -0.3 is 4.74 Å². The third kappa shape index (κ3) is 4.54. The Balaban J connectivity index is 2.09. The summed E-state index contributed by atoms with van der Waals surface area (Å²) in [7, 11) is 0. The Hall–Kier alpha value is -0.530. The first-order valence-corrected chi connectivity index (χ1v) is 6.80. The van der Waals surface area contributed by atoms with Gasteiger partial charge in [0, 0.05) is 0 Å². The van der Waals surface area contributed by atoms with E-state index in [0.717, 1.165) is 24.7 Å². The van der Waals surface area contributed by atoms with E-state index in [1.807, 2.05) is 13.8 Å². The van der Waals surface area contributed by atoms with Gasteiger partial charge in [0.1, 0.15) is 0 Å². The summed E-state index contributed by atoms with van der Waals surface area (Å²) in [4.78, 5) is 11.4. The molecule has 0 aliphatic heterocycles. The van der Waals surface area contributed by atoms with E-state index in [0.29, 0.717) is 6.61 Å². The molecule has 0 N–H and O–H groups in total. The third-order valence-corrected chi connectivity index (χ3v) is 3.92. The lowest BCUT2D eigenvalue weighted by Crippen LogP contribution is -2.18. The van der Waals surface area contributed by atoms with Gasteiger partial charge in [-0.05, 0) is 24.7 Å². The molecule has 94 valence electrons. The van der Waals surface area contributed by atoms with E-state index < -0.39 is 0 Å². The van der Waals surface area contributed by atoms with Gasteiger partial charge in [-0.1, -0.05) is 46.5 Å². The van der Waals surface area contributed by atoms with Crippen molar-refractivity contribution in [2.45, 2.75) is 59.3 Å². The molecule has 16 heavy (non-hydrogen) atoms. The average Bonchev–Trinajstić information content (AvgIpc) is 2.30. The SMILES string of the molecule is CCC(C)C(=O)OCCC1CCC(C)CC1. The summed E-state index contributed by atoms with van der Waals surface area (Å²) in [5.41, 5.74) is 0. The van der Waals surface area contributed by atoms with Crippen LogP contribution in [0.2, 0.25) is 0 Å². The highest BCUT2D eigenvalue weighted by molar-refractivity contribution is 5.71. The number of carbonyl (C=O) groups excluding carboxylic acids is 1. The van der Waals surface area contributed by atoms with Gasteiger partial charge in [-0.3, -0.25) is 4.79 Å². The molecule has 0 bridgehead atoms. The van der Waals surface area contributed by atoms with Crippen LogP contribution in [0.4, 0.5) is 0 Å². The molecule has 0 heterocycles. The van der Waals surface area contributed by atoms with E-state index >= 15 is 0 Å². The highest BCUT2D eigenvalue weighted by Gasteiger charge is 2.19. The Bertz CT molecular complexity index is 205. The van der Waals surface area contributed by atoms with Crippen molar-refractivity contribution in [3.8, 4) is 0 Å². The number of carbonyl (C=O) groups is 1. The molecule has 2 heteroatoms. The van der Waals surface area contributed by atoms with Crippen LogP contribution in [0, 0.1) is 17.8 Å². The standard InChI is InChI=1S/C14H26O2/c1-4-12(3)14(15)16-10-9-13-7-5-11(2)6-8-13/h11-13H,4-10H2,1-3H3. The number of rotatable bonds is 5. The van der Waals surface area contributed by atoms with Crippen molar-refractivity contribution in [1.29, 1.82) is 0 Å². The second-order valence-electron chi connectivity index (χ2n) is 5.39. The van der Waals surface area contributed by atoms with Crippen molar-refractivity contribution in [2.75, 3.05) is 6.61 Å². The lowest BCUT2D eigenvalue weighted by Gasteiger charge is -2.25. The molecular weight excluding hydrogens is 200 g/mol. The van der Waals surface area contributed by atoms with Crippen LogP contribution in [0.15, 0.2) is 0 Å². The van der Waals surface area contributed by atoms with Gasteiger partial charge in [-0.2, -0.15) is 0 Å². The normalized spacial score (nSPS) is 27.4. The topological polar surface area (TPSA) is 26.3 Å². The van der Waals surface area contributed by atoms with Crippen molar-refractivity contribution < 1.29 is 9.53 Å². The number of hydrogen-bond acceptors (Lipinski definition) is 2. The molecule has 0 radical (unpaired) electrons. The van der Waals surface area contributed by atoms with Gasteiger partial charge in [0.2, 0.25) is 0 Å². The molecule has 0 amide bonds. The fraction of sp³-hybridized carbons (Fsp3) is 0.929. The fourth-order valence-electron chi connectivity index (χ4n) is 2.25. The summed E-state index contributed by atoms with van der Waals surface area (Å²) >= 11 is 0. The lowest BCUT2D eigenvalue weighted by molar-refractivity contribution is -0.148. The third-order valence-electron chi connectivity index (χ3n) is 3.92. The first-order chi connectivity index (χ1) is 7.63. The predicted molar refractivity (Wildman–Crippen MR) is 66.2 cm³/mol. The van der Waals surface area contributed by atoms with Crippen LogP contribution in [0.3, 0.4) is 0 Å². The van der Waals surface area contributed by atoms with Gasteiger partial charge in [-0.15, -0.1) is 0 Å². The molecular formula is C14H26O2. The molecule has 0 aromatic carbocycles. The Morgan fingerprint density at radius 1 is 1.31 bits per heavy atom. The molecule has 0 aromatic rings. The van der Waals surface area contributed by atoms with Crippen LogP contribution >= 0.6 is 0 Å². The highest BCUT2D eigenvalue weighted by atomic mass is 16.5. The van der Waals surface area contributed by atoms with E-state index in [1.165, 1.54) is 25.7 Å². The van der Waals surface area contributed by atoms with Gasteiger partial charge in [0.05, 0.1) is 12.5 Å². The zero-order valence-corrected chi connectivity index (χ0v) is 11.0. The highest BCUT2D eigenvalue weighted by Crippen LogP contribution is 2.30. The first kappa shape index (κ1) is 13.5. The second-order valence-corrected chi connectivity index (χ2v) is 5.39. The van der Waals surface area contributed by atoms with Gasteiger partial charge in [0.15, 0.2) is 0 Å². The zero-order valence-electron chi connectivity index (χ0n) is 11.0. The minimum absolute atomic E-state index is 0.0216. The van der Waals surface area contributed by atoms with E-state index in [-0.39, 0.29) is 11.9 Å². The van der Waals surface area contributed by atoms with Crippen LogP contribution in [0.5, 0.6) is 0 Å². The molecule has 1 unspecified atom stereocenters. The molecule has 0 aromatic heterocycles. The molecule has 2 nitrogen and oxygen atoms in total. The largest absolute Gasteiger partial charge is 0.465 e. The number of esters is 1. The van der Waals surface area contributed by atoms with Crippen molar-refractivity contribution >= 4 is 5.97 Å². The van der Waals surface area contributed by atoms with E-state index in [1.54, 1.807) is 0 Å². The van der Waals surface area contributed by atoms with Crippen molar-refractivity contribution in [2.24, 2.45) is 17.8 Å². The summed E-state index contributed by atoms with van der Waals surface area (Å²) in [6, 6.07) is 0. The average molecular weight is 226 g/mol. The number of hydrogen-bond donors (Lipinski definition) is 0. The quantitative estimate of drug-likeness (QED) is 0.667. The summed E-state index contributed by atoms with van der Waals surface area (Å²) in [6.07, 6.45) is 7.28. The second kappa shape index (κ2) is 6.93. The molecule has 0 saturated heterocycles. The Kier molecular flexibility index (Phi) is 5.86. The van der Waals surface area contributed by atoms with E-state index in [9.17, 15) is 4.79 Å². The van der Waals surface area contributed by atoms with Crippen LogP contribution < -0.4 is 0 Å². The maximum absolute atomic E-state index is 11.4. The smallest absolute Gasteiger partial charge is 0.308 e. The Labute approximate surface area is 99.8 Å². The maximum atomic E-state index is 11.4. The van der Waals surface area contributed by atoms with Gasteiger partial charge >= 0.3 is 5.97 Å². The number of ether oxygens (including phenoxy) is 1. The molecule has 1 aliphatic rings. The summed E-state index contributed by atoms with van der Waals surface area (Å²) in [6.45, 7) is 6.92. The van der Waals surface area contributed by atoms with Crippen molar-refractivity contribution in [1.82, 2.24) is 0 Å². The molecule has 1 aliphatic carbocycles. The minimum atomic E-state index is -0.0216. The van der Waals surface area contributed by atoms with Crippen LogP contribution in [0.1, 0.15) is 59.3 Å². The fourth-order valence-corrected chi connectivity index (χ4v) is 2.25. The van der Waals surface area contributed by atoms with Crippen molar-refractivity contribution in [3.63, 3.8) is 0 Å². The molecule has 1 atom stereocenters. The molecule has 1 fully saturated rings. The van der Waals surface area contributed by atoms with Gasteiger partial charge in [-0.25, -0.2) is 0 Å². The van der Waals surface area contributed by atoms with E-state index in [4.69, 9.17) is 4.74 Å². The summed E-state index contributed by atoms with van der Waals surface area (Å²) in [5.74, 6) is 1.73. The summed E-state index contributed by atoms with van der Waals surface area (Å²) < 4.78 is 5.29. The monoisotopic (exact) mass is 226 g/mol.